The molecule has 27 heavy (non-hydrogen) atoms. The summed E-state index contributed by atoms with van der Waals surface area (Å²) in [4.78, 5) is 3.56. The van der Waals surface area contributed by atoms with Crippen LogP contribution in [0.25, 0.3) is 38.6 Å². The van der Waals surface area contributed by atoms with Crippen LogP contribution in [0.5, 0.6) is 0 Å². The van der Waals surface area contributed by atoms with Gasteiger partial charge in [-0.05, 0) is 23.5 Å². The highest BCUT2D eigenvalue weighted by Crippen LogP contribution is 2.40. The highest BCUT2D eigenvalue weighted by molar-refractivity contribution is 6.17. The fourth-order valence-electron chi connectivity index (χ4n) is 4.03. The zero-order valence-corrected chi connectivity index (χ0v) is 14.7. The topological polar surface area (TPSA) is 21.2 Å². The molecule has 0 fully saturated rings. The Hall–Kier alpha value is -3.15. The molecule has 0 atom stereocenters. The summed E-state index contributed by atoms with van der Waals surface area (Å²) in [5.41, 5.74) is 3.33. The van der Waals surface area contributed by atoms with Crippen molar-refractivity contribution in [3.63, 3.8) is 0 Å². The van der Waals surface area contributed by atoms with E-state index in [2.05, 4.69) is 15.5 Å². The number of benzene rings is 2. The number of hydrogen-bond acceptors (Lipinski definition) is 1. The molecule has 5 rings (SSSR count). The Labute approximate surface area is 152 Å². The lowest BCUT2D eigenvalue weighted by Crippen LogP contribution is -2.33. The molecule has 3 nitrogen and oxygen atoms in total. The largest absolute Gasteiger partial charge is 0.458 e. The first kappa shape index (κ1) is 16.1. The van der Waals surface area contributed by atoms with Crippen LogP contribution in [0.2, 0.25) is 0 Å². The normalized spacial score (nSPS) is 12.6. The Kier molecular flexibility index (Phi) is 3.09. The molecular weight excluding hydrogens is 351 g/mol. The van der Waals surface area contributed by atoms with Crippen molar-refractivity contribution in [3.05, 3.63) is 66.1 Å². The van der Waals surface area contributed by atoms with Gasteiger partial charge in [0.05, 0.1) is 23.8 Å². The quantitative estimate of drug-likeness (QED) is 0.387. The van der Waals surface area contributed by atoms with E-state index < -0.39 is 11.9 Å². The molecule has 134 valence electrons. The second-order valence-electron chi connectivity index (χ2n) is 6.80. The maximum atomic E-state index is 13.3. The van der Waals surface area contributed by atoms with Crippen LogP contribution in [0.3, 0.4) is 0 Å². The summed E-state index contributed by atoms with van der Waals surface area (Å²) in [5.74, 6) is 0. The molecule has 0 spiro atoms. The van der Waals surface area contributed by atoms with Crippen molar-refractivity contribution in [3.8, 4) is 11.4 Å². The van der Waals surface area contributed by atoms with E-state index in [-0.39, 0.29) is 0 Å². The minimum atomic E-state index is -4.49. The molecule has 0 N–H and O–H groups in total. The second kappa shape index (κ2) is 5.19. The lowest BCUT2D eigenvalue weighted by molar-refractivity contribution is -0.663. The van der Waals surface area contributed by atoms with Gasteiger partial charge in [0.15, 0.2) is 5.69 Å². The zero-order chi connectivity index (χ0) is 18.9. The molecule has 0 saturated carbocycles. The number of nitrogens with zero attached hydrogens (tertiary/aromatic N) is 3. The number of halogens is 3. The lowest BCUT2D eigenvalue weighted by Gasteiger charge is -2.07. The Morgan fingerprint density at radius 1 is 0.963 bits per heavy atom. The lowest BCUT2D eigenvalue weighted by atomic mass is 10.1. The molecule has 3 heterocycles. The fraction of sp³-hybridized carbons (Fsp3) is 0.143. The molecule has 0 aliphatic heterocycles. The van der Waals surface area contributed by atoms with Gasteiger partial charge in [-0.3, -0.25) is 0 Å². The predicted octanol–water partition coefficient (Wildman–Crippen LogP) is 4.90. The van der Waals surface area contributed by atoms with Gasteiger partial charge < -0.3 is 4.40 Å². The molecule has 0 amide bonds. The molecule has 0 radical (unpaired) electrons. The number of para-hydroxylation sites is 2. The van der Waals surface area contributed by atoms with Crippen LogP contribution < -0.4 is 4.57 Å². The summed E-state index contributed by atoms with van der Waals surface area (Å²) in [6, 6.07) is 15.2. The third-order valence-electron chi connectivity index (χ3n) is 5.23. The SMILES string of the molecule is Cc1c(-c2cc(C(F)(F)F)nc[n+]2C)n2c3ccccc3c3cccc1c32. The van der Waals surface area contributed by atoms with Crippen LogP contribution in [0.4, 0.5) is 13.2 Å². The van der Waals surface area contributed by atoms with E-state index in [0.717, 1.165) is 44.5 Å². The maximum Gasteiger partial charge on any atom is 0.458 e. The molecule has 0 aliphatic rings. The van der Waals surface area contributed by atoms with Gasteiger partial charge in [0.1, 0.15) is 0 Å². The summed E-state index contributed by atoms with van der Waals surface area (Å²) < 4.78 is 43.5. The van der Waals surface area contributed by atoms with Gasteiger partial charge in [0.25, 0.3) is 12.0 Å². The Balaban J connectivity index is 1.99. The highest BCUT2D eigenvalue weighted by atomic mass is 19.4. The van der Waals surface area contributed by atoms with Gasteiger partial charge in [-0.1, -0.05) is 36.4 Å². The molecule has 6 heteroatoms. The van der Waals surface area contributed by atoms with E-state index in [1.165, 1.54) is 6.33 Å². The van der Waals surface area contributed by atoms with E-state index in [9.17, 15) is 13.2 Å². The molecule has 0 saturated heterocycles. The number of alkyl halides is 3. The number of aryl methyl sites for hydroxylation is 2. The third-order valence-corrected chi connectivity index (χ3v) is 5.23. The van der Waals surface area contributed by atoms with Crippen molar-refractivity contribution >= 4 is 27.2 Å². The van der Waals surface area contributed by atoms with Gasteiger partial charge in [0, 0.05) is 22.2 Å². The van der Waals surface area contributed by atoms with Gasteiger partial charge in [-0.2, -0.15) is 13.2 Å². The van der Waals surface area contributed by atoms with Crippen molar-refractivity contribution in [2.45, 2.75) is 13.1 Å². The Morgan fingerprint density at radius 2 is 1.67 bits per heavy atom. The van der Waals surface area contributed by atoms with Crippen LogP contribution in [0, 0.1) is 6.92 Å². The average molecular weight is 366 g/mol. The molecule has 5 aromatic rings. The predicted molar refractivity (Wildman–Crippen MR) is 97.7 cm³/mol. The van der Waals surface area contributed by atoms with Crippen molar-refractivity contribution in [1.82, 2.24) is 9.38 Å². The Morgan fingerprint density at radius 3 is 2.44 bits per heavy atom. The second-order valence-corrected chi connectivity index (χ2v) is 6.80. The molecule has 3 aromatic heterocycles. The van der Waals surface area contributed by atoms with Gasteiger partial charge in [-0.25, -0.2) is 4.57 Å². The van der Waals surface area contributed by atoms with Crippen molar-refractivity contribution in [1.29, 1.82) is 0 Å². The molecular formula is C21H15F3N3+. The minimum absolute atomic E-state index is 0.480. The van der Waals surface area contributed by atoms with Crippen LogP contribution in [0.1, 0.15) is 11.3 Å². The van der Waals surface area contributed by atoms with E-state index in [1.807, 2.05) is 43.3 Å². The maximum absolute atomic E-state index is 13.3. The van der Waals surface area contributed by atoms with E-state index in [4.69, 9.17) is 0 Å². The molecule has 0 aliphatic carbocycles. The highest BCUT2D eigenvalue weighted by Gasteiger charge is 2.38. The van der Waals surface area contributed by atoms with Crippen LogP contribution in [0.15, 0.2) is 54.9 Å². The summed E-state index contributed by atoms with van der Waals surface area (Å²) in [6.45, 7) is 1.96. The summed E-state index contributed by atoms with van der Waals surface area (Å²) in [6.07, 6.45) is -3.26. The summed E-state index contributed by atoms with van der Waals surface area (Å²) in [5, 5.41) is 3.24. The third kappa shape index (κ3) is 2.10. The van der Waals surface area contributed by atoms with Crippen LogP contribution in [-0.4, -0.2) is 9.38 Å². The number of aromatic nitrogens is 3. The first-order valence-corrected chi connectivity index (χ1v) is 8.55. The van der Waals surface area contributed by atoms with Crippen LogP contribution in [-0.2, 0) is 13.2 Å². The van der Waals surface area contributed by atoms with Gasteiger partial charge in [0.2, 0.25) is 0 Å². The molecule has 2 aromatic carbocycles. The minimum Gasteiger partial charge on any atom is -0.304 e. The van der Waals surface area contributed by atoms with Crippen LogP contribution >= 0.6 is 0 Å². The van der Waals surface area contributed by atoms with Gasteiger partial charge >= 0.3 is 6.18 Å². The zero-order valence-electron chi connectivity index (χ0n) is 14.7. The van der Waals surface area contributed by atoms with E-state index in [1.54, 1.807) is 11.6 Å². The Bertz CT molecular complexity index is 1330. The first-order valence-electron chi connectivity index (χ1n) is 8.55. The van der Waals surface area contributed by atoms with Gasteiger partial charge in [-0.15, -0.1) is 0 Å². The monoisotopic (exact) mass is 366 g/mol. The van der Waals surface area contributed by atoms with Crippen molar-refractivity contribution in [2.75, 3.05) is 0 Å². The first-order chi connectivity index (χ1) is 12.9. The number of rotatable bonds is 1. The van der Waals surface area contributed by atoms with Crippen molar-refractivity contribution in [2.24, 2.45) is 7.05 Å². The number of fused-ring (bicyclic) bond motifs is 3. The fourth-order valence-corrected chi connectivity index (χ4v) is 4.03. The summed E-state index contributed by atoms with van der Waals surface area (Å²) >= 11 is 0. The van der Waals surface area contributed by atoms with E-state index >= 15 is 0 Å². The van der Waals surface area contributed by atoms with Crippen molar-refractivity contribution < 1.29 is 17.7 Å². The smallest absolute Gasteiger partial charge is 0.304 e. The average Bonchev–Trinajstić information content (AvgIpc) is 3.12. The molecule has 0 bridgehead atoms. The van der Waals surface area contributed by atoms with E-state index in [0.29, 0.717) is 5.69 Å². The summed E-state index contributed by atoms with van der Waals surface area (Å²) in [7, 11) is 1.72. The standard InChI is InChI=1S/C21H15F3N3/c1-12-13-7-5-8-15-14-6-3-4-9-16(14)27(20(13)15)19(12)17-10-18(21(22,23)24)25-11-26(17)2/h3-11H,1-2H3/q+1. The number of hydrogen-bond donors (Lipinski definition) is 0. The molecule has 0 unspecified atom stereocenters.